The smallest absolute Gasteiger partial charge is 0.191 e. The minimum Gasteiger partial charge on any atom is -0.497 e. The summed E-state index contributed by atoms with van der Waals surface area (Å²) < 4.78 is 5.33. The Hall–Kier alpha value is -1.75. The zero-order chi connectivity index (χ0) is 16.7. The third-order valence-corrected chi connectivity index (χ3v) is 4.46. The van der Waals surface area contributed by atoms with Gasteiger partial charge < -0.3 is 20.3 Å². The van der Waals surface area contributed by atoms with Crippen LogP contribution in [0.2, 0.25) is 0 Å². The minimum absolute atomic E-state index is 0.190. The number of likely N-dealkylation sites (N-methyl/N-ethyl adjacent to an activating group) is 1. The highest BCUT2D eigenvalue weighted by molar-refractivity contribution is 5.78. The fourth-order valence-electron chi connectivity index (χ4n) is 3.00. The Labute approximate surface area is 140 Å². The lowest BCUT2D eigenvalue weighted by Crippen LogP contribution is -2.38. The number of nitrogens with two attached hydrogens (primary N) is 1. The SMILES string of the molecule is COc1cccc(C(CN=C(N)N2CCCCCC2)N(C)C)c1. The minimum atomic E-state index is 0.190. The molecular weight excluding hydrogens is 288 g/mol. The first kappa shape index (κ1) is 17.6. The van der Waals surface area contributed by atoms with E-state index >= 15 is 0 Å². The van der Waals surface area contributed by atoms with Gasteiger partial charge in [-0.05, 0) is 44.6 Å². The van der Waals surface area contributed by atoms with Crippen molar-refractivity contribution in [1.29, 1.82) is 0 Å². The first-order valence-corrected chi connectivity index (χ1v) is 8.47. The van der Waals surface area contributed by atoms with Crippen LogP contribution in [0.25, 0.3) is 0 Å². The molecule has 1 fully saturated rings. The number of rotatable bonds is 5. The molecule has 128 valence electrons. The van der Waals surface area contributed by atoms with E-state index in [-0.39, 0.29) is 6.04 Å². The van der Waals surface area contributed by atoms with Crippen LogP contribution in [0.5, 0.6) is 5.75 Å². The second-order valence-corrected chi connectivity index (χ2v) is 6.36. The predicted molar refractivity (Wildman–Crippen MR) is 96.0 cm³/mol. The summed E-state index contributed by atoms with van der Waals surface area (Å²) in [6.45, 7) is 2.71. The maximum absolute atomic E-state index is 6.23. The summed E-state index contributed by atoms with van der Waals surface area (Å²) in [4.78, 5) is 9.08. The summed E-state index contributed by atoms with van der Waals surface area (Å²) in [5.74, 6) is 1.56. The number of hydrogen-bond acceptors (Lipinski definition) is 3. The Bertz CT molecular complexity index is 507. The molecule has 0 amide bonds. The van der Waals surface area contributed by atoms with Gasteiger partial charge in [-0.1, -0.05) is 25.0 Å². The lowest BCUT2D eigenvalue weighted by Gasteiger charge is -2.25. The van der Waals surface area contributed by atoms with E-state index in [0.29, 0.717) is 12.5 Å². The lowest BCUT2D eigenvalue weighted by atomic mass is 10.1. The predicted octanol–water partition coefficient (Wildman–Crippen LogP) is 2.49. The molecule has 2 rings (SSSR count). The van der Waals surface area contributed by atoms with Gasteiger partial charge in [0.2, 0.25) is 0 Å². The largest absolute Gasteiger partial charge is 0.497 e. The highest BCUT2D eigenvalue weighted by Crippen LogP contribution is 2.23. The molecule has 1 aliphatic rings. The molecule has 5 heteroatoms. The average molecular weight is 318 g/mol. The van der Waals surface area contributed by atoms with Crippen LogP contribution in [0.1, 0.15) is 37.3 Å². The van der Waals surface area contributed by atoms with Crippen LogP contribution < -0.4 is 10.5 Å². The highest BCUT2D eigenvalue weighted by Gasteiger charge is 2.16. The van der Waals surface area contributed by atoms with Crippen molar-refractivity contribution in [3.8, 4) is 5.75 Å². The fraction of sp³-hybridized carbons (Fsp3) is 0.611. The second-order valence-electron chi connectivity index (χ2n) is 6.36. The van der Waals surface area contributed by atoms with Gasteiger partial charge in [0.05, 0.1) is 19.7 Å². The molecule has 1 saturated heterocycles. The number of likely N-dealkylation sites (tertiary alicyclic amines) is 1. The molecule has 1 aromatic rings. The molecule has 1 aliphatic heterocycles. The van der Waals surface area contributed by atoms with Gasteiger partial charge in [0.1, 0.15) is 5.75 Å². The molecular formula is C18H30N4O. The van der Waals surface area contributed by atoms with Gasteiger partial charge in [0.15, 0.2) is 5.96 Å². The van der Waals surface area contributed by atoms with Crippen LogP contribution in [0.3, 0.4) is 0 Å². The number of hydrogen-bond donors (Lipinski definition) is 1. The number of nitrogens with zero attached hydrogens (tertiary/aromatic N) is 3. The standard InChI is InChI=1S/C18H30N4O/c1-21(2)17(15-9-8-10-16(13-15)23-3)14-20-18(19)22-11-6-4-5-7-12-22/h8-10,13,17H,4-7,11-12,14H2,1-3H3,(H2,19,20). The second kappa shape index (κ2) is 8.77. The van der Waals surface area contributed by atoms with Crippen LogP contribution in [0, 0.1) is 0 Å². The number of ether oxygens (including phenoxy) is 1. The van der Waals surface area contributed by atoms with Crippen LogP contribution in [-0.4, -0.2) is 56.6 Å². The van der Waals surface area contributed by atoms with Gasteiger partial charge in [-0.25, -0.2) is 0 Å². The Kier molecular flexibility index (Phi) is 6.71. The topological polar surface area (TPSA) is 54.1 Å². The molecule has 0 radical (unpaired) electrons. The molecule has 1 unspecified atom stereocenters. The van der Waals surface area contributed by atoms with Crippen molar-refractivity contribution in [3.05, 3.63) is 29.8 Å². The van der Waals surface area contributed by atoms with Crippen LogP contribution in [0.4, 0.5) is 0 Å². The molecule has 0 spiro atoms. The van der Waals surface area contributed by atoms with Crippen LogP contribution >= 0.6 is 0 Å². The van der Waals surface area contributed by atoms with Gasteiger partial charge in [-0.2, -0.15) is 0 Å². The molecule has 1 aromatic carbocycles. The van der Waals surface area contributed by atoms with Crippen molar-refractivity contribution in [2.45, 2.75) is 31.7 Å². The molecule has 0 aliphatic carbocycles. The molecule has 1 atom stereocenters. The van der Waals surface area contributed by atoms with Crippen molar-refractivity contribution < 1.29 is 4.74 Å². The average Bonchev–Trinajstić information content (AvgIpc) is 2.84. The first-order chi connectivity index (χ1) is 11.1. The molecule has 2 N–H and O–H groups in total. The van der Waals surface area contributed by atoms with E-state index in [9.17, 15) is 0 Å². The third kappa shape index (κ3) is 5.13. The van der Waals surface area contributed by atoms with E-state index < -0.39 is 0 Å². The van der Waals surface area contributed by atoms with E-state index in [1.807, 2.05) is 12.1 Å². The summed E-state index contributed by atoms with van der Waals surface area (Å²) in [6, 6.07) is 8.36. The van der Waals surface area contributed by atoms with E-state index in [0.717, 1.165) is 18.8 Å². The Morgan fingerprint density at radius 2 is 1.96 bits per heavy atom. The van der Waals surface area contributed by atoms with Crippen molar-refractivity contribution in [1.82, 2.24) is 9.80 Å². The van der Waals surface area contributed by atoms with Gasteiger partial charge in [0, 0.05) is 13.1 Å². The van der Waals surface area contributed by atoms with Crippen LogP contribution in [0.15, 0.2) is 29.3 Å². The highest BCUT2D eigenvalue weighted by atomic mass is 16.5. The molecule has 0 bridgehead atoms. The van der Waals surface area contributed by atoms with Gasteiger partial charge in [-0.15, -0.1) is 0 Å². The molecule has 5 nitrogen and oxygen atoms in total. The van der Waals surface area contributed by atoms with Crippen LogP contribution in [-0.2, 0) is 0 Å². The van der Waals surface area contributed by atoms with E-state index in [2.05, 4.69) is 41.0 Å². The van der Waals surface area contributed by atoms with Crippen molar-refractivity contribution in [3.63, 3.8) is 0 Å². The van der Waals surface area contributed by atoms with E-state index in [1.165, 1.54) is 31.2 Å². The monoisotopic (exact) mass is 318 g/mol. The summed E-state index contributed by atoms with van der Waals surface area (Å²) in [6.07, 6.45) is 5.02. The number of methoxy groups -OCH3 is 1. The summed E-state index contributed by atoms with van der Waals surface area (Å²) in [7, 11) is 5.84. The van der Waals surface area contributed by atoms with E-state index in [4.69, 9.17) is 10.5 Å². The zero-order valence-electron chi connectivity index (χ0n) is 14.7. The fourth-order valence-corrected chi connectivity index (χ4v) is 3.00. The van der Waals surface area contributed by atoms with Gasteiger partial charge in [0.25, 0.3) is 0 Å². The first-order valence-electron chi connectivity index (χ1n) is 8.47. The zero-order valence-corrected chi connectivity index (χ0v) is 14.7. The maximum atomic E-state index is 6.23. The summed E-state index contributed by atoms with van der Waals surface area (Å²) in [5, 5.41) is 0. The quantitative estimate of drug-likeness (QED) is 0.669. The van der Waals surface area contributed by atoms with E-state index in [1.54, 1.807) is 7.11 Å². The molecule has 0 saturated carbocycles. The third-order valence-electron chi connectivity index (χ3n) is 4.46. The van der Waals surface area contributed by atoms with Gasteiger partial charge >= 0.3 is 0 Å². The number of aliphatic imine (C=N–C) groups is 1. The summed E-state index contributed by atoms with van der Waals surface area (Å²) >= 11 is 0. The molecule has 23 heavy (non-hydrogen) atoms. The van der Waals surface area contributed by atoms with Crippen molar-refractivity contribution in [2.75, 3.05) is 40.8 Å². The normalized spacial score (nSPS) is 17.9. The number of guanidine groups is 1. The number of benzene rings is 1. The molecule has 1 heterocycles. The maximum Gasteiger partial charge on any atom is 0.191 e. The molecule has 0 aromatic heterocycles. The summed E-state index contributed by atoms with van der Waals surface area (Å²) in [5.41, 5.74) is 7.43. The van der Waals surface area contributed by atoms with Gasteiger partial charge in [-0.3, -0.25) is 4.99 Å². The Morgan fingerprint density at radius 3 is 2.57 bits per heavy atom. The van der Waals surface area contributed by atoms with Crippen molar-refractivity contribution >= 4 is 5.96 Å². The lowest BCUT2D eigenvalue weighted by molar-refractivity contribution is 0.304. The van der Waals surface area contributed by atoms with Crippen molar-refractivity contribution in [2.24, 2.45) is 10.7 Å². The Balaban J connectivity index is 2.07. The Morgan fingerprint density at radius 1 is 1.26 bits per heavy atom.